The maximum Gasteiger partial charge on any atom is 0.232 e. The Kier molecular flexibility index (Phi) is 5.45. The number of hydrogen-bond acceptors (Lipinski definition) is 4. The molecule has 0 radical (unpaired) electrons. The third-order valence-electron chi connectivity index (χ3n) is 3.61. The fourth-order valence-electron chi connectivity index (χ4n) is 2.62. The van der Waals surface area contributed by atoms with Gasteiger partial charge in [0.2, 0.25) is 10.0 Å². The van der Waals surface area contributed by atoms with Crippen molar-refractivity contribution in [1.29, 1.82) is 5.26 Å². The molecule has 0 heterocycles. The fraction of sp³-hybridized carbons (Fsp3) is 0.533. The van der Waals surface area contributed by atoms with Gasteiger partial charge < -0.3 is 4.74 Å². The minimum Gasteiger partial charge on any atom is -0.479 e. The Labute approximate surface area is 126 Å². The zero-order chi connectivity index (χ0) is 15.1. The number of hydrogen-bond donors (Lipinski definition) is 1. The minimum absolute atomic E-state index is 0.0211. The van der Waals surface area contributed by atoms with E-state index in [1.165, 1.54) is 6.42 Å². The van der Waals surface area contributed by atoms with Crippen LogP contribution in [0.5, 0.6) is 5.75 Å². The average molecular weight is 308 g/mol. The number of ether oxygens (including phenoxy) is 1. The van der Waals surface area contributed by atoms with E-state index in [1.807, 2.05) is 6.07 Å². The number of sulfonamides is 1. The van der Waals surface area contributed by atoms with E-state index in [0.29, 0.717) is 11.4 Å². The fourth-order valence-corrected chi connectivity index (χ4v) is 4.15. The highest BCUT2D eigenvalue weighted by Crippen LogP contribution is 2.25. The van der Waals surface area contributed by atoms with Gasteiger partial charge in [-0.3, -0.25) is 4.72 Å². The van der Waals surface area contributed by atoms with Crippen molar-refractivity contribution in [2.24, 2.45) is 5.92 Å². The van der Waals surface area contributed by atoms with Gasteiger partial charge in [-0.05, 0) is 43.0 Å². The lowest BCUT2D eigenvalue weighted by atomic mass is 9.91. The monoisotopic (exact) mass is 308 g/mol. The highest BCUT2D eigenvalue weighted by molar-refractivity contribution is 7.92. The van der Waals surface area contributed by atoms with Crippen LogP contribution < -0.4 is 9.46 Å². The van der Waals surface area contributed by atoms with E-state index < -0.39 is 10.0 Å². The predicted octanol–water partition coefficient (Wildman–Crippen LogP) is 2.91. The summed E-state index contributed by atoms with van der Waals surface area (Å²) >= 11 is 0. The van der Waals surface area contributed by atoms with Crippen LogP contribution in [-0.4, -0.2) is 20.8 Å². The number of nitrogens with zero attached hydrogens (tertiary/aromatic N) is 1. The van der Waals surface area contributed by atoms with E-state index in [1.54, 1.807) is 24.3 Å². The Bertz CT molecular complexity index is 584. The van der Waals surface area contributed by atoms with Crippen molar-refractivity contribution in [3.8, 4) is 11.8 Å². The lowest BCUT2D eigenvalue weighted by molar-refractivity contribution is 0.368. The maximum atomic E-state index is 12.1. The van der Waals surface area contributed by atoms with Gasteiger partial charge in [-0.25, -0.2) is 8.42 Å². The minimum atomic E-state index is -3.31. The second kappa shape index (κ2) is 7.32. The first-order valence-electron chi connectivity index (χ1n) is 7.19. The van der Waals surface area contributed by atoms with Crippen molar-refractivity contribution in [2.75, 3.05) is 17.1 Å². The van der Waals surface area contributed by atoms with Crippen molar-refractivity contribution in [1.82, 2.24) is 0 Å². The SMILES string of the molecule is N#CCOc1ccc(NS(=O)(=O)CC2CCCCC2)cc1. The molecule has 1 N–H and O–H groups in total. The molecule has 0 aliphatic heterocycles. The Hall–Kier alpha value is -1.74. The summed E-state index contributed by atoms with van der Waals surface area (Å²) in [5.74, 6) is 1.01. The largest absolute Gasteiger partial charge is 0.479 e. The van der Waals surface area contributed by atoms with Crippen molar-refractivity contribution >= 4 is 15.7 Å². The van der Waals surface area contributed by atoms with Gasteiger partial charge in [-0.15, -0.1) is 0 Å². The molecule has 0 amide bonds. The third kappa shape index (κ3) is 5.27. The van der Waals surface area contributed by atoms with Gasteiger partial charge in [0.25, 0.3) is 0 Å². The van der Waals surface area contributed by atoms with Crippen molar-refractivity contribution in [3.05, 3.63) is 24.3 Å². The van der Waals surface area contributed by atoms with Crippen molar-refractivity contribution < 1.29 is 13.2 Å². The standard InChI is InChI=1S/C15H20N2O3S/c16-10-11-20-15-8-6-14(7-9-15)17-21(18,19)12-13-4-2-1-3-5-13/h6-9,13,17H,1-5,11-12H2. The van der Waals surface area contributed by atoms with Crippen LogP contribution in [0.25, 0.3) is 0 Å². The van der Waals surface area contributed by atoms with Crippen molar-refractivity contribution in [3.63, 3.8) is 0 Å². The Morgan fingerprint density at radius 1 is 1.19 bits per heavy atom. The molecular weight excluding hydrogens is 288 g/mol. The molecule has 1 aliphatic carbocycles. The highest BCUT2D eigenvalue weighted by atomic mass is 32.2. The zero-order valence-electron chi connectivity index (χ0n) is 11.9. The first-order valence-corrected chi connectivity index (χ1v) is 8.84. The van der Waals surface area contributed by atoms with E-state index in [0.717, 1.165) is 25.7 Å². The number of nitriles is 1. The van der Waals surface area contributed by atoms with E-state index >= 15 is 0 Å². The van der Waals surface area contributed by atoms with Crippen LogP contribution in [0.1, 0.15) is 32.1 Å². The number of benzene rings is 1. The van der Waals surface area contributed by atoms with Crippen LogP contribution in [0.2, 0.25) is 0 Å². The molecule has 2 rings (SSSR count). The van der Waals surface area contributed by atoms with Crippen LogP contribution in [0, 0.1) is 17.2 Å². The van der Waals surface area contributed by atoms with Crippen LogP contribution in [-0.2, 0) is 10.0 Å². The molecule has 1 aromatic carbocycles. The first kappa shape index (κ1) is 15.6. The molecule has 5 nitrogen and oxygen atoms in total. The molecule has 21 heavy (non-hydrogen) atoms. The van der Waals surface area contributed by atoms with E-state index in [2.05, 4.69) is 4.72 Å². The van der Waals surface area contributed by atoms with Gasteiger partial charge >= 0.3 is 0 Å². The van der Waals surface area contributed by atoms with Crippen LogP contribution in [0.4, 0.5) is 5.69 Å². The molecule has 0 bridgehead atoms. The highest BCUT2D eigenvalue weighted by Gasteiger charge is 2.21. The van der Waals surface area contributed by atoms with Crippen LogP contribution >= 0.6 is 0 Å². The molecule has 6 heteroatoms. The third-order valence-corrected chi connectivity index (χ3v) is 5.07. The van der Waals surface area contributed by atoms with Gasteiger partial charge in [0.15, 0.2) is 6.61 Å². The summed E-state index contributed by atoms with van der Waals surface area (Å²) in [4.78, 5) is 0. The van der Waals surface area contributed by atoms with Crippen molar-refractivity contribution in [2.45, 2.75) is 32.1 Å². The summed E-state index contributed by atoms with van der Waals surface area (Å²) in [5, 5.41) is 8.42. The number of nitrogens with one attached hydrogen (secondary N) is 1. The molecule has 0 spiro atoms. The molecule has 114 valence electrons. The second-order valence-corrected chi connectivity index (χ2v) is 7.13. The average Bonchev–Trinajstić information content (AvgIpc) is 2.47. The topological polar surface area (TPSA) is 79.2 Å². The molecule has 0 aromatic heterocycles. The molecule has 0 atom stereocenters. The quantitative estimate of drug-likeness (QED) is 0.876. The summed E-state index contributed by atoms with van der Waals surface area (Å²) in [6.07, 6.45) is 5.48. The van der Waals surface area contributed by atoms with Gasteiger partial charge in [-0.2, -0.15) is 5.26 Å². The zero-order valence-corrected chi connectivity index (χ0v) is 12.7. The van der Waals surface area contributed by atoms with E-state index in [4.69, 9.17) is 10.00 Å². The number of anilines is 1. The molecule has 1 saturated carbocycles. The summed E-state index contributed by atoms with van der Waals surface area (Å²) in [6.45, 7) is -0.0211. The van der Waals surface area contributed by atoms with E-state index in [9.17, 15) is 8.42 Å². The number of rotatable bonds is 6. The molecule has 1 aromatic rings. The summed E-state index contributed by atoms with van der Waals surface area (Å²) in [5.41, 5.74) is 0.523. The summed E-state index contributed by atoms with van der Waals surface area (Å²) < 4.78 is 32.0. The molecule has 0 saturated heterocycles. The van der Waals surface area contributed by atoms with Crippen LogP contribution in [0.15, 0.2) is 24.3 Å². The first-order chi connectivity index (χ1) is 10.1. The summed E-state index contributed by atoms with van der Waals surface area (Å²) in [7, 11) is -3.31. The molecule has 0 unspecified atom stereocenters. The Morgan fingerprint density at radius 3 is 2.48 bits per heavy atom. The summed E-state index contributed by atoms with van der Waals surface area (Å²) in [6, 6.07) is 8.47. The normalized spacial score (nSPS) is 16.1. The Balaban J connectivity index is 1.91. The smallest absolute Gasteiger partial charge is 0.232 e. The van der Waals surface area contributed by atoms with Gasteiger partial charge in [0.05, 0.1) is 5.75 Å². The predicted molar refractivity (Wildman–Crippen MR) is 81.5 cm³/mol. The molecule has 1 aliphatic rings. The second-order valence-electron chi connectivity index (χ2n) is 5.36. The lowest BCUT2D eigenvalue weighted by Gasteiger charge is -2.21. The Morgan fingerprint density at radius 2 is 1.86 bits per heavy atom. The van der Waals surface area contributed by atoms with Gasteiger partial charge in [-0.1, -0.05) is 19.3 Å². The molecule has 1 fully saturated rings. The van der Waals surface area contributed by atoms with Gasteiger partial charge in [0.1, 0.15) is 11.8 Å². The lowest BCUT2D eigenvalue weighted by Crippen LogP contribution is -2.24. The van der Waals surface area contributed by atoms with Crippen LogP contribution in [0.3, 0.4) is 0 Å². The van der Waals surface area contributed by atoms with E-state index in [-0.39, 0.29) is 18.3 Å². The van der Waals surface area contributed by atoms with Gasteiger partial charge in [0, 0.05) is 5.69 Å². The molecular formula is C15H20N2O3S. The maximum absolute atomic E-state index is 12.1.